The second-order valence-corrected chi connectivity index (χ2v) is 11.2. The fourth-order valence-electron chi connectivity index (χ4n) is 4.99. The van der Waals surface area contributed by atoms with Gasteiger partial charge in [-0.05, 0) is 58.7 Å². The molecule has 6 aromatic rings. The summed E-state index contributed by atoms with van der Waals surface area (Å²) in [5.74, 6) is 2.15. The lowest BCUT2D eigenvalue weighted by atomic mass is 10.1. The van der Waals surface area contributed by atoms with Gasteiger partial charge in [-0.2, -0.15) is 0 Å². The van der Waals surface area contributed by atoms with Gasteiger partial charge in [0.15, 0.2) is 5.78 Å². The molecule has 0 fully saturated rings. The molecule has 0 bridgehead atoms. The fourth-order valence-corrected chi connectivity index (χ4v) is 4.99. The Kier molecular flexibility index (Phi) is 10.9. The molecule has 6 rings (SSSR count). The number of allylic oxidation sites excluding steroid dienone is 1. The average molecular weight is 633 g/mol. The van der Waals surface area contributed by atoms with Gasteiger partial charge in [-0.25, -0.2) is 0 Å². The second kappa shape index (κ2) is 16.5. The van der Waals surface area contributed by atoms with Crippen molar-refractivity contribution in [3.05, 3.63) is 197 Å². The number of hydrogen-bond donors (Lipinski definition) is 0. The monoisotopic (exact) mass is 632 g/mol. The minimum absolute atomic E-state index is 0.203. The molecule has 0 amide bonds. The molecule has 0 aliphatic rings. The number of carbonyl (C=O) groups is 1. The molecule has 48 heavy (non-hydrogen) atoms. The van der Waals surface area contributed by atoms with Crippen LogP contribution < -0.4 is 18.9 Å². The average Bonchev–Trinajstić information content (AvgIpc) is 3.15. The van der Waals surface area contributed by atoms with Crippen molar-refractivity contribution in [2.45, 2.75) is 26.4 Å². The van der Waals surface area contributed by atoms with Crippen LogP contribution in [0.4, 0.5) is 0 Å². The van der Waals surface area contributed by atoms with Crippen molar-refractivity contribution in [1.82, 2.24) is 0 Å². The number of ether oxygens (including phenoxy) is 4. The summed E-state index contributed by atoms with van der Waals surface area (Å²) >= 11 is 0. The van der Waals surface area contributed by atoms with E-state index in [-0.39, 0.29) is 5.78 Å². The summed E-state index contributed by atoms with van der Waals surface area (Å²) in [6.07, 6.45) is 3.31. The summed E-state index contributed by atoms with van der Waals surface area (Å²) in [7, 11) is 0. The van der Waals surface area contributed by atoms with Gasteiger partial charge in [0.25, 0.3) is 0 Å². The maximum absolute atomic E-state index is 13.7. The van der Waals surface area contributed by atoms with Crippen LogP contribution in [0.25, 0.3) is 6.08 Å². The van der Waals surface area contributed by atoms with E-state index in [1.165, 1.54) is 0 Å². The van der Waals surface area contributed by atoms with Crippen molar-refractivity contribution in [3.63, 3.8) is 0 Å². The third kappa shape index (κ3) is 9.24. The minimum atomic E-state index is -0.203. The SMILES string of the molecule is O=C(C=Cc1ccc(OCc2ccccc2)cc1OCc1ccccc1)c1ccc(OCc2ccccc2)cc1OCc1ccccc1. The van der Waals surface area contributed by atoms with E-state index in [1.54, 1.807) is 30.4 Å². The zero-order valence-electron chi connectivity index (χ0n) is 26.5. The predicted octanol–water partition coefficient (Wildman–Crippen LogP) is 9.90. The van der Waals surface area contributed by atoms with E-state index >= 15 is 0 Å². The summed E-state index contributed by atoms with van der Waals surface area (Å²) in [6, 6.07) is 50.7. The van der Waals surface area contributed by atoms with Crippen LogP contribution >= 0.6 is 0 Å². The van der Waals surface area contributed by atoms with Gasteiger partial charge in [0.05, 0.1) is 5.56 Å². The highest BCUT2D eigenvalue weighted by Crippen LogP contribution is 2.30. The predicted molar refractivity (Wildman–Crippen MR) is 189 cm³/mol. The van der Waals surface area contributed by atoms with Crippen molar-refractivity contribution in [2.75, 3.05) is 0 Å². The molecule has 0 saturated heterocycles. The smallest absolute Gasteiger partial charge is 0.189 e. The molecule has 0 heterocycles. The lowest BCUT2D eigenvalue weighted by Gasteiger charge is -2.14. The van der Waals surface area contributed by atoms with Crippen LogP contribution in [0.15, 0.2) is 164 Å². The molecule has 5 nitrogen and oxygen atoms in total. The first-order valence-corrected chi connectivity index (χ1v) is 15.9. The first-order valence-electron chi connectivity index (χ1n) is 15.9. The Bertz CT molecular complexity index is 1920. The fraction of sp³-hybridized carbons (Fsp3) is 0.0930. The third-order valence-corrected chi connectivity index (χ3v) is 7.59. The summed E-state index contributed by atoms with van der Waals surface area (Å²) in [4.78, 5) is 13.7. The molecule has 238 valence electrons. The van der Waals surface area contributed by atoms with Crippen LogP contribution in [0.5, 0.6) is 23.0 Å². The van der Waals surface area contributed by atoms with E-state index < -0.39 is 0 Å². The van der Waals surface area contributed by atoms with Crippen molar-refractivity contribution >= 4 is 11.9 Å². The highest BCUT2D eigenvalue weighted by atomic mass is 16.5. The van der Waals surface area contributed by atoms with E-state index in [2.05, 4.69) is 0 Å². The van der Waals surface area contributed by atoms with Gasteiger partial charge in [0, 0.05) is 17.7 Å². The van der Waals surface area contributed by atoms with Crippen LogP contribution in [0, 0.1) is 0 Å². The van der Waals surface area contributed by atoms with E-state index in [0.717, 1.165) is 27.8 Å². The molecule has 0 radical (unpaired) electrons. The first kappa shape index (κ1) is 31.9. The van der Waals surface area contributed by atoms with Crippen molar-refractivity contribution in [1.29, 1.82) is 0 Å². The molecular weight excluding hydrogens is 596 g/mol. The molecule has 5 heteroatoms. The molecule has 0 N–H and O–H groups in total. The second-order valence-electron chi connectivity index (χ2n) is 11.2. The molecule has 0 aromatic heterocycles. The Morgan fingerprint density at radius 1 is 0.438 bits per heavy atom. The molecule has 0 spiro atoms. The molecule has 0 unspecified atom stereocenters. The third-order valence-electron chi connectivity index (χ3n) is 7.59. The lowest BCUT2D eigenvalue weighted by Crippen LogP contribution is -2.04. The van der Waals surface area contributed by atoms with Crippen LogP contribution in [0.1, 0.15) is 38.2 Å². The topological polar surface area (TPSA) is 54.0 Å². The largest absolute Gasteiger partial charge is 0.489 e. The van der Waals surface area contributed by atoms with Gasteiger partial charge in [0.2, 0.25) is 0 Å². The first-order chi connectivity index (χ1) is 23.7. The standard InChI is InChI=1S/C43H36O5/c44-41(40-25-24-39(46-30-34-15-7-2-8-16-34)28-43(40)48-32-36-19-11-4-12-20-36)26-22-37-21-23-38(45-29-33-13-5-1-6-14-33)27-42(37)47-31-35-17-9-3-10-18-35/h1-28H,29-32H2. The van der Waals surface area contributed by atoms with Crippen LogP contribution in [0.3, 0.4) is 0 Å². The van der Waals surface area contributed by atoms with Gasteiger partial charge < -0.3 is 18.9 Å². The minimum Gasteiger partial charge on any atom is -0.489 e. The van der Waals surface area contributed by atoms with Gasteiger partial charge in [-0.1, -0.05) is 121 Å². The maximum Gasteiger partial charge on any atom is 0.189 e. The van der Waals surface area contributed by atoms with E-state index in [9.17, 15) is 4.79 Å². The van der Waals surface area contributed by atoms with E-state index in [4.69, 9.17) is 18.9 Å². The highest BCUT2D eigenvalue weighted by Gasteiger charge is 2.14. The molecular formula is C43H36O5. The number of ketones is 1. The number of benzene rings is 6. The Hall–Kier alpha value is -6.07. The lowest BCUT2D eigenvalue weighted by molar-refractivity contribution is 0.104. The van der Waals surface area contributed by atoms with Gasteiger partial charge >= 0.3 is 0 Å². The quantitative estimate of drug-likeness (QED) is 0.0833. The molecule has 0 atom stereocenters. The number of rotatable bonds is 15. The van der Waals surface area contributed by atoms with Crippen LogP contribution in [0.2, 0.25) is 0 Å². The van der Waals surface area contributed by atoms with Gasteiger partial charge in [0.1, 0.15) is 49.4 Å². The zero-order valence-corrected chi connectivity index (χ0v) is 26.5. The van der Waals surface area contributed by atoms with Crippen molar-refractivity contribution < 1.29 is 23.7 Å². The van der Waals surface area contributed by atoms with E-state index in [0.29, 0.717) is 55.0 Å². The van der Waals surface area contributed by atoms with E-state index in [1.807, 2.05) is 140 Å². The van der Waals surface area contributed by atoms with Gasteiger partial charge in [-0.3, -0.25) is 4.79 Å². The molecule has 0 aliphatic carbocycles. The summed E-state index contributed by atoms with van der Waals surface area (Å²) < 4.78 is 24.6. The Morgan fingerprint density at radius 2 is 0.833 bits per heavy atom. The molecule has 6 aromatic carbocycles. The normalized spacial score (nSPS) is 10.8. The van der Waals surface area contributed by atoms with Crippen LogP contribution in [-0.4, -0.2) is 5.78 Å². The van der Waals surface area contributed by atoms with Crippen molar-refractivity contribution in [3.8, 4) is 23.0 Å². The summed E-state index contributed by atoms with van der Waals surface area (Å²) in [6.45, 7) is 1.53. The number of hydrogen-bond acceptors (Lipinski definition) is 5. The highest BCUT2D eigenvalue weighted by molar-refractivity contribution is 6.08. The van der Waals surface area contributed by atoms with Crippen LogP contribution in [-0.2, 0) is 26.4 Å². The number of carbonyl (C=O) groups excluding carboxylic acids is 1. The Balaban J connectivity index is 1.22. The van der Waals surface area contributed by atoms with Crippen molar-refractivity contribution in [2.24, 2.45) is 0 Å². The van der Waals surface area contributed by atoms with Gasteiger partial charge in [-0.15, -0.1) is 0 Å². The maximum atomic E-state index is 13.7. The molecule has 0 saturated carbocycles. The summed E-state index contributed by atoms with van der Waals surface area (Å²) in [5.41, 5.74) is 5.34. The molecule has 0 aliphatic heterocycles. The zero-order chi connectivity index (χ0) is 32.8. The Morgan fingerprint density at radius 3 is 1.31 bits per heavy atom. The Labute approximate surface area is 281 Å². The summed E-state index contributed by atoms with van der Waals surface area (Å²) in [5, 5.41) is 0.